The lowest BCUT2D eigenvalue weighted by Crippen LogP contribution is -2.22. The summed E-state index contributed by atoms with van der Waals surface area (Å²) in [4.78, 5) is 25.7. The highest BCUT2D eigenvalue weighted by Crippen LogP contribution is 2.32. The van der Waals surface area contributed by atoms with Gasteiger partial charge in [-0.25, -0.2) is 0 Å². The Morgan fingerprint density at radius 3 is 2.42 bits per heavy atom. The minimum Gasteiger partial charge on any atom is -0.476 e. The van der Waals surface area contributed by atoms with Gasteiger partial charge >= 0.3 is 0 Å². The van der Waals surface area contributed by atoms with Gasteiger partial charge in [-0.1, -0.05) is 6.07 Å². The van der Waals surface area contributed by atoms with Crippen LogP contribution in [0.15, 0.2) is 62.4 Å². The Balaban J connectivity index is 1.67. The van der Waals surface area contributed by atoms with Crippen LogP contribution in [-0.4, -0.2) is 12.5 Å². The number of carbonyl (C=O) groups is 1. The van der Waals surface area contributed by atoms with Crippen LogP contribution in [0.2, 0.25) is 0 Å². The summed E-state index contributed by atoms with van der Waals surface area (Å²) in [5.41, 5.74) is 4.92. The molecule has 0 bridgehead atoms. The van der Waals surface area contributed by atoms with Crippen LogP contribution in [0.25, 0.3) is 22.5 Å². The molecule has 0 radical (unpaired) electrons. The van der Waals surface area contributed by atoms with Crippen molar-refractivity contribution >= 4 is 22.6 Å². The Bertz CT molecular complexity index is 1330. The molecule has 0 atom stereocenters. The van der Waals surface area contributed by atoms with Crippen molar-refractivity contribution in [3.8, 4) is 17.3 Å². The number of fused-ring (bicyclic) bond motifs is 1. The zero-order chi connectivity index (χ0) is 22.1. The number of nitrogens with one attached hydrogen (secondary N) is 1. The largest absolute Gasteiger partial charge is 0.476 e. The van der Waals surface area contributed by atoms with Gasteiger partial charge in [-0.2, -0.15) is 0 Å². The highest BCUT2D eigenvalue weighted by atomic mass is 16.5. The van der Waals surface area contributed by atoms with E-state index in [9.17, 15) is 9.59 Å². The molecule has 0 aliphatic heterocycles. The minimum absolute atomic E-state index is 0.0547. The molecule has 1 amide bonds. The van der Waals surface area contributed by atoms with Gasteiger partial charge in [0.1, 0.15) is 5.58 Å². The minimum atomic E-state index is -0.381. The van der Waals surface area contributed by atoms with Gasteiger partial charge in [-0.05, 0) is 86.3 Å². The molecule has 31 heavy (non-hydrogen) atoms. The van der Waals surface area contributed by atoms with E-state index in [1.165, 1.54) is 6.26 Å². The lowest BCUT2D eigenvalue weighted by Gasteiger charge is -2.12. The second kappa shape index (κ2) is 8.14. The summed E-state index contributed by atoms with van der Waals surface area (Å²) in [5, 5.41) is 3.18. The Labute approximate surface area is 179 Å². The maximum absolute atomic E-state index is 13.2. The number of benzene rings is 2. The third kappa shape index (κ3) is 4.10. The first kappa shape index (κ1) is 20.5. The number of carbonyl (C=O) groups excluding carboxylic acids is 1. The molecule has 0 saturated heterocycles. The molecule has 4 rings (SSSR count). The van der Waals surface area contributed by atoms with E-state index in [1.807, 2.05) is 52.0 Å². The summed E-state index contributed by atoms with van der Waals surface area (Å²) < 4.78 is 17.1. The van der Waals surface area contributed by atoms with Crippen molar-refractivity contribution in [1.82, 2.24) is 0 Å². The molecule has 4 aromatic rings. The monoisotopic (exact) mass is 417 g/mol. The molecule has 0 unspecified atom stereocenters. The van der Waals surface area contributed by atoms with Crippen LogP contribution in [0.1, 0.15) is 22.3 Å². The van der Waals surface area contributed by atoms with Gasteiger partial charge in [-0.3, -0.25) is 9.59 Å². The fourth-order valence-electron chi connectivity index (χ4n) is 3.29. The summed E-state index contributed by atoms with van der Waals surface area (Å²) >= 11 is 0. The number of ether oxygens (including phenoxy) is 1. The maximum atomic E-state index is 13.2. The van der Waals surface area contributed by atoms with Gasteiger partial charge in [-0.15, -0.1) is 0 Å². The molecule has 0 saturated carbocycles. The topological polar surface area (TPSA) is 81.7 Å². The van der Waals surface area contributed by atoms with Crippen LogP contribution < -0.4 is 15.5 Å². The molecule has 0 fully saturated rings. The van der Waals surface area contributed by atoms with E-state index in [1.54, 1.807) is 18.2 Å². The highest BCUT2D eigenvalue weighted by molar-refractivity contribution is 5.92. The molecule has 2 heterocycles. The number of rotatable bonds is 5. The smallest absolute Gasteiger partial charge is 0.262 e. The maximum Gasteiger partial charge on any atom is 0.262 e. The number of furan rings is 1. The van der Waals surface area contributed by atoms with E-state index in [0.717, 1.165) is 22.3 Å². The van der Waals surface area contributed by atoms with Crippen molar-refractivity contribution in [3.63, 3.8) is 0 Å². The summed E-state index contributed by atoms with van der Waals surface area (Å²) in [6, 6.07) is 12.6. The van der Waals surface area contributed by atoms with E-state index in [2.05, 4.69) is 5.32 Å². The SMILES string of the molecule is Cc1ccc(NC(=O)COc2c(-c3ccco3)oc3cc(C)c(C)cc3c2=O)cc1C. The number of anilines is 1. The summed E-state index contributed by atoms with van der Waals surface area (Å²) in [6.45, 7) is 7.50. The van der Waals surface area contributed by atoms with Crippen LogP contribution in [0, 0.1) is 27.7 Å². The predicted molar refractivity (Wildman–Crippen MR) is 120 cm³/mol. The number of hydrogen-bond donors (Lipinski definition) is 1. The second-order valence-electron chi connectivity index (χ2n) is 7.64. The van der Waals surface area contributed by atoms with Crippen molar-refractivity contribution in [2.45, 2.75) is 27.7 Å². The Morgan fingerprint density at radius 2 is 1.71 bits per heavy atom. The number of aryl methyl sites for hydroxylation is 4. The quantitative estimate of drug-likeness (QED) is 0.476. The molecule has 6 nitrogen and oxygen atoms in total. The molecule has 2 aromatic carbocycles. The van der Waals surface area contributed by atoms with E-state index in [0.29, 0.717) is 22.4 Å². The molecule has 6 heteroatoms. The fraction of sp³-hybridized carbons (Fsp3) is 0.200. The van der Waals surface area contributed by atoms with Crippen molar-refractivity contribution in [2.24, 2.45) is 0 Å². The number of hydrogen-bond acceptors (Lipinski definition) is 5. The number of amides is 1. The van der Waals surface area contributed by atoms with E-state index in [4.69, 9.17) is 13.6 Å². The second-order valence-corrected chi connectivity index (χ2v) is 7.64. The molecule has 0 aliphatic carbocycles. The standard InChI is InChI=1S/C25H23NO5/c1-14-7-8-18(10-15(14)2)26-22(27)13-30-25-23(28)19-11-16(3)17(4)12-21(19)31-24(25)20-6-5-9-29-20/h5-12H,13H2,1-4H3,(H,26,27). The molecule has 158 valence electrons. The van der Waals surface area contributed by atoms with Crippen LogP contribution in [0.4, 0.5) is 5.69 Å². The zero-order valence-electron chi connectivity index (χ0n) is 17.9. The van der Waals surface area contributed by atoms with E-state index >= 15 is 0 Å². The first-order chi connectivity index (χ1) is 14.8. The molecule has 0 spiro atoms. The van der Waals surface area contributed by atoms with Crippen LogP contribution >= 0.6 is 0 Å². The Morgan fingerprint density at radius 1 is 0.968 bits per heavy atom. The normalized spacial score (nSPS) is 11.0. The first-order valence-corrected chi connectivity index (χ1v) is 9.95. The van der Waals surface area contributed by atoms with Gasteiger partial charge in [0, 0.05) is 5.69 Å². The molecule has 0 aliphatic rings. The van der Waals surface area contributed by atoms with Crippen LogP contribution in [0.5, 0.6) is 5.75 Å². The zero-order valence-corrected chi connectivity index (χ0v) is 17.9. The summed E-state index contributed by atoms with van der Waals surface area (Å²) in [7, 11) is 0. The van der Waals surface area contributed by atoms with Crippen molar-refractivity contribution in [2.75, 3.05) is 11.9 Å². The molecule has 1 N–H and O–H groups in total. The van der Waals surface area contributed by atoms with Crippen LogP contribution in [0.3, 0.4) is 0 Å². The first-order valence-electron chi connectivity index (χ1n) is 9.95. The highest BCUT2D eigenvalue weighted by Gasteiger charge is 2.21. The fourth-order valence-corrected chi connectivity index (χ4v) is 3.29. The summed E-state index contributed by atoms with van der Waals surface area (Å²) in [5.74, 6) is 0.0701. The van der Waals surface area contributed by atoms with Gasteiger partial charge < -0.3 is 18.9 Å². The van der Waals surface area contributed by atoms with Crippen LogP contribution in [-0.2, 0) is 4.79 Å². The lowest BCUT2D eigenvalue weighted by molar-refractivity contribution is -0.118. The van der Waals surface area contributed by atoms with Gasteiger partial charge in [0.2, 0.25) is 16.9 Å². The molecule has 2 aromatic heterocycles. The van der Waals surface area contributed by atoms with Crippen molar-refractivity contribution < 1.29 is 18.4 Å². The van der Waals surface area contributed by atoms with Crippen molar-refractivity contribution in [1.29, 1.82) is 0 Å². The third-order valence-electron chi connectivity index (χ3n) is 5.35. The average molecular weight is 417 g/mol. The molecular weight excluding hydrogens is 394 g/mol. The third-order valence-corrected chi connectivity index (χ3v) is 5.35. The van der Waals surface area contributed by atoms with Gasteiger partial charge in [0.25, 0.3) is 5.91 Å². The molecular formula is C25H23NO5. The van der Waals surface area contributed by atoms with E-state index < -0.39 is 0 Å². The lowest BCUT2D eigenvalue weighted by atomic mass is 10.1. The summed E-state index contributed by atoms with van der Waals surface area (Å²) in [6.07, 6.45) is 1.48. The Hall–Kier alpha value is -3.80. The van der Waals surface area contributed by atoms with Gasteiger partial charge in [0.15, 0.2) is 12.4 Å². The average Bonchev–Trinajstić information content (AvgIpc) is 3.26. The Kier molecular flexibility index (Phi) is 5.38. The predicted octanol–water partition coefficient (Wildman–Crippen LogP) is 5.30. The van der Waals surface area contributed by atoms with Crippen molar-refractivity contribution in [3.05, 3.63) is 81.2 Å². The van der Waals surface area contributed by atoms with E-state index in [-0.39, 0.29) is 29.5 Å². The van der Waals surface area contributed by atoms with Gasteiger partial charge in [0.05, 0.1) is 11.6 Å².